The van der Waals surface area contributed by atoms with Gasteiger partial charge in [-0.1, -0.05) is 66.7 Å². The SMILES string of the molecule is C=C(C)c1ccc(-c2ccccc2C(=O)Nc2ccccc2C(=O)N(C)C)cc1. The van der Waals surface area contributed by atoms with Gasteiger partial charge in [0.2, 0.25) is 0 Å². The van der Waals surface area contributed by atoms with Crippen LogP contribution in [-0.4, -0.2) is 30.8 Å². The van der Waals surface area contributed by atoms with Crippen molar-refractivity contribution in [2.24, 2.45) is 0 Å². The van der Waals surface area contributed by atoms with E-state index in [9.17, 15) is 9.59 Å². The highest BCUT2D eigenvalue weighted by Gasteiger charge is 2.17. The molecule has 4 heteroatoms. The third-order valence-electron chi connectivity index (χ3n) is 4.67. The molecule has 146 valence electrons. The van der Waals surface area contributed by atoms with Crippen LogP contribution in [0, 0.1) is 0 Å². The van der Waals surface area contributed by atoms with Gasteiger partial charge in [-0.15, -0.1) is 0 Å². The van der Waals surface area contributed by atoms with Crippen LogP contribution in [0.5, 0.6) is 0 Å². The summed E-state index contributed by atoms with van der Waals surface area (Å²) in [5, 5.41) is 2.90. The van der Waals surface area contributed by atoms with Crippen molar-refractivity contribution in [3.63, 3.8) is 0 Å². The van der Waals surface area contributed by atoms with E-state index in [1.807, 2.05) is 49.4 Å². The van der Waals surface area contributed by atoms with E-state index in [-0.39, 0.29) is 11.8 Å². The first-order valence-corrected chi connectivity index (χ1v) is 9.36. The zero-order chi connectivity index (χ0) is 21.0. The number of para-hydroxylation sites is 1. The first kappa shape index (κ1) is 20.1. The number of amides is 2. The van der Waals surface area contributed by atoms with E-state index in [2.05, 4.69) is 11.9 Å². The number of nitrogens with zero attached hydrogens (tertiary/aromatic N) is 1. The molecule has 0 aliphatic rings. The summed E-state index contributed by atoms with van der Waals surface area (Å²) in [5.74, 6) is -0.423. The summed E-state index contributed by atoms with van der Waals surface area (Å²) in [7, 11) is 3.37. The van der Waals surface area contributed by atoms with Crippen LogP contribution in [0.2, 0.25) is 0 Å². The molecule has 0 radical (unpaired) electrons. The third-order valence-corrected chi connectivity index (χ3v) is 4.67. The van der Waals surface area contributed by atoms with Gasteiger partial charge < -0.3 is 10.2 Å². The predicted octanol–water partition coefficient (Wildman–Crippen LogP) is 5.34. The van der Waals surface area contributed by atoms with Crippen molar-refractivity contribution in [2.45, 2.75) is 6.92 Å². The lowest BCUT2D eigenvalue weighted by atomic mass is 9.97. The van der Waals surface area contributed by atoms with Crippen LogP contribution in [0.3, 0.4) is 0 Å². The summed E-state index contributed by atoms with van der Waals surface area (Å²) in [4.78, 5) is 27.0. The lowest BCUT2D eigenvalue weighted by Gasteiger charge is -2.16. The number of hydrogen-bond donors (Lipinski definition) is 1. The van der Waals surface area contributed by atoms with Gasteiger partial charge in [0.1, 0.15) is 0 Å². The average molecular weight is 384 g/mol. The summed E-state index contributed by atoms with van der Waals surface area (Å²) in [6.07, 6.45) is 0. The topological polar surface area (TPSA) is 49.4 Å². The molecular formula is C25H24N2O2. The summed E-state index contributed by atoms with van der Waals surface area (Å²) in [5.41, 5.74) is 5.31. The Balaban J connectivity index is 1.94. The van der Waals surface area contributed by atoms with Gasteiger partial charge in [-0.25, -0.2) is 0 Å². The van der Waals surface area contributed by atoms with E-state index in [0.717, 1.165) is 22.3 Å². The van der Waals surface area contributed by atoms with Crippen LogP contribution in [-0.2, 0) is 0 Å². The Morgan fingerprint density at radius 2 is 1.41 bits per heavy atom. The van der Waals surface area contributed by atoms with Gasteiger partial charge in [-0.3, -0.25) is 9.59 Å². The van der Waals surface area contributed by atoms with Crippen molar-refractivity contribution in [2.75, 3.05) is 19.4 Å². The maximum Gasteiger partial charge on any atom is 0.256 e. The molecule has 3 aromatic rings. The molecule has 0 aliphatic heterocycles. The molecule has 1 N–H and O–H groups in total. The molecule has 0 fully saturated rings. The van der Waals surface area contributed by atoms with Gasteiger partial charge in [0.05, 0.1) is 11.3 Å². The Bertz CT molecular complexity index is 1070. The number of nitrogens with one attached hydrogen (secondary N) is 1. The highest BCUT2D eigenvalue weighted by atomic mass is 16.2. The largest absolute Gasteiger partial charge is 0.345 e. The van der Waals surface area contributed by atoms with Crippen LogP contribution < -0.4 is 5.32 Å². The Kier molecular flexibility index (Phi) is 5.93. The van der Waals surface area contributed by atoms with E-state index in [1.54, 1.807) is 44.4 Å². The number of carbonyl (C=O) groups is 2. The molecule has 0 bridgehead atoms. The molecule has 0 aliphatic carbocycles. The average Bonchev–Trinajstić information content (AvgIpc) is 2.73. The van der Waals surface area contributed by atoms with Gasteiger partial charge in [0.25, 0.3) is 11.8 Å². The third kappa shape index (κ3) is 4.43. The van der Waals surface area contributed by atoms with Crippen molar-refractivity contribution in [1.82, 2.24) is 4.90 Å². The maximum atomic E-state index is 13.1. The predicted molar refractivity (Wildman–Crippen MR) is 119 cm³/mol. The van der Waals surface area contributed by atoms with Crippen molar-refractivity contribution in [1.29, 1.82) is 0 Å². The minimum atomic E-state index is -0.261. The van der Waals surface area contributed by atoms with E-state index in [1.165, 1.54) is 4.90 Å². The number of benzene rings is 3. The first-order chi connectivity index (χ1) is 13.9. The normalized spacial score (nSPS) is 10.3. The lowest BCUT2D eigenvalue weighted by molar-refractivity contribution is 0.0828. The van der Waals surface area contributed by atoms with Crippen LogP contribution in [0.25, 0.3) is 16.7 Å². The molecule has 0 aromatic heterocycles. The van der Waals surface area contributed by atoms with Crippen molar-refractivity contribution >= 4 is 23.1 Å². The second kappa shape index (κ2) is 8.57. The highest BCUT2D eigenvalue weighted by Crippen LogP contribution is 2.27. The van der Waals surface area contributed by atoms with Crippen molar-refractivity contribution in [3.05, 3.63) is 96.1 Å². The van der Waals surface area contributed by atoms with E-state index < -0.39 is 0 Å². The van der Waals surface area contributed by atoms with Crippen LogP contribution in [0.15, 0.2) is 79.4 Å². The molecule has 0 saturated heterocycles. The smallest absolute Gasteiger partial charge is 0.256 e. The molecule has 0 atom stereocenters. The second-order valence-corrected chi connectivity index (χ2v) is 7.10. The Hall–Kier alpha value is -3.66. The fourth-order valence-corrected chi connectivity index (χ4v) is 3.08. The molecule has 0 spiro atoms. The highest BCUT2D eigenvalue weighted by molar-refractivity contribution is 6.11. The van der Waals surface area contributed by atoms with E-state index in [4.69, 9.17) is 0 Å². The van der Waals surface area contributed by atoms with Gasteiger partial charge in [-0.2, -0.15) is 0 Å². The molecule has 29 heavy (non-hydrogen) atoms. The van der Waals surface area contributed by atoms with E-state index in [0.29, 0.717) is 16.8 Å². The quantitative estimate of drug-likeness (QED) is 0.645. The Morgan fingerprint density at radius 3 is 2.03 bits per heavy atom. The molecule has 0 heterocycles. The van der Waals surface area contributed by atoms with Gasteiger partial charge in [-0.05, 0) is 41.8 Å². The Morgan fingerprint density at radius 1 is 0.828 bits per heavy atom. The number of rotatable bonds is 5. The Labute approximate surface area is 171 Å². The van der Waals surface area contributed by atoms with Crippen LogP contribution >= 0.6 is 0 Å². The lowest BCUT2D eigenvalue weighted by Crippen LogP contribution is -2.24. The molecule has 4 nitrogen and oxygen atoms in total. The fourth-order valence-electron chi connectivity index (χ4n) is 3.08. The summed E-state index contributed by atoms with van der Waals surface area (Å²) < 4.78 is 0. The zero-order valence-corrected chi connectivity index (χ0v) is 16.9. The van der Waals surface area contributed by atoms with E-state index >= 15 is 0 Å². The second-order valence-electron chi connectivity index (χ2n) is 7.10. The fraction of sp³-hybridized carbons (Fsp3) is 0.120. The van der Waals surface area contributed by atoms with Crippen molar-refractivity contribution < 1.29 is 9.59 Å². The monoisotopic (exact) mass is 384 g/mol. The summed E-state index contributed by atoms with van der Waals surface area (Å²) >= 11 is 0. The molecule has 3 rings (SSSR count). The van der Waals surface area contributed by atoms with Crippen LogP contribution in [0.4, 0.5) is 5.69 Å². The van der Waals surface area contributed by atoms with Gasteiger partial charge in [0, 0.05) is 19.7 Å². The van der Waals surface area contributed by atoms with Crippen molar-refractivity contribution in [3.8, 4) is 11.1 Å². The van der Waals surface area contributed by atoms with Gasteiger partial charge in [0.15, 0.2) is 0 Å². The molecule has 2 amide bonds. The zero-order valence-electron chi connectivity index (χ0n) is 16.9. The van der Waals surface area contributed by atoms with Crippen LogP contribution in [0.1, 0.15) is 33.2 Å². The minimum Gasteiger partial charge on any atom is -0.345 e. The summed E-state index contributed by atoms with van der Waals surface area (Å²) in [6.45, 7) is 5.92. The molecule has 3 aromatic carbocycles. The molecular weight excluding hydrogens is 360 g/mol. The number of hydrogen-bond acceptors (Lipinski definition) is 2. The maximum absolute atomic E-state index is 13.1. The molecule has 0 saturated carbocycles. The first-order valence-electron chi connectivity index (χ1n) is 9.36. The minimum absolute atomic E-state index is 0.162. The standard InChI is InChI=1S/C25H24N2O2/c1-17(2)18-13-15-19(16-14-18)20-9-5-6-10-21(20)24(28)26-23-12-8-7-11-22(23)25(29)27(3)4/h5-16H,1H2,2-4H3,(H,26,28). The number of carbonyl (C=O) groups excluding carboxylic acids is 2. The van der Waals surface area contributed by atoms with Gasteiger partial charge >= 0.3 is 0 Å². The number of allylic oxidation sites excluding steroid dienone is 1. The number of anilines is 1. The summed E-state index contributed by atoms with van der Waals surface area (Å²) in [6, 6.07) is 22.4. The molecule has 0 unspecified atom stereocenters.